The van der Waals surface area contributed by atoms with Gasteiger partial charge in [0.2, 0.25) is 5.60 Å². The van der Waals surface area contributed by atoms with Crippen molar-refractivity contribution < 1.29 is 14.6 Å². The molecule has 1 aromatic rings. The van der Waals surface area contributed by atoms with Crippen LogP contribution in [-0.4, -0.2) is 42.2 Å². The molecule has 1 N–H and O–H groups in total. The van der Waals surface area contributed by atoms with Gasteiger partial charge in [0.1, 0.15) is 6.10 Å². The molecule has 0 aliphatic carbocycles. The van der Waals surface area contributed by atoms with E-state index in [1.165, 1.54) is 6.08 Å². The maximum atomic E-state index is 12.5. The Kier molecular flexibility index (Phi) is 5.15. The highest BCUT2D eigenvalue weighted by atomic mass is 16.6. The summed E-state index contributed by atoms with van der Waals surface area (Å²) in [5.74, 6) is -0.596. The van der Waals surface area contributed by atoms with Crippen molar-refractivity contribution in [3.63, 3.8) is 0 Å². The Morgan fingerprint density at radius 3 is 2.52 bits per heavy atom. The second-order valence-corrected chi connectivity index (χ2v) is 5.54. The molecular formula is C17H23NO3. The molecule has 114 valence electrons. The number of hydrogen-bond donors (Lipinski definition) is 1. The Morgan fingerprint density at radius 2 is 1.95 bits per heavy atom. The van der Waals surface area contributed by atoms with Crippen molar-refractivity contribution in [1.82, 2.24) is 4.90 Å². The van der Waals surface area contributed by atoms with Gasteiger partial charge in [-0.25, -0.2) is 4.79 Å². The number of hydrogen-bond acceptors (Lipinski definition) is 4. The van der Waals surface area contributed by atoms with Gasteiger partial charge in [0, 0.05) is 13.1 Å². The molecule has 1 unspecified atom stereocenters. The molecule has 1 aliphatic heterocycles. The quantitative estimate of drug-likeness (QED) is 0.681. The van der Waals surface area contributed by atoms with Crippen LogP contribution in [0.5, 0.6) is 0 Å². The van der Waals surface area contributed by atoms with Gasteiger partial charge in [-0.05, 0) is 38.5 Å². The lowest BCUT2D eigenvalue weighted by molar-refractivity contribution is -0.169. The Balaban J connectivity index is 2.13. The molecule has 4 nitrogen and oxygen atoms in total. The molecule has 21 heavy (non-hydrogen) atoms. The van der Waals surface area contributed by atoms with Crippen molar-refractivity contribution in [2.75, 3.05) is 20.1 Å². The van der Waals surface area contributed by atoms with E-state index in [4.69, 9.17) is 4.74 Å². The number of rotatable bonds is 4. The van der Waals surface area contributed by atoms with Gasteiger partial charge in [0.05, 0.1) is 0 Å². The van der Waals surface area contributed by atoms with E-state index in [0.717, 1.165) is 25.9 Å². The molecule has 0 bridgehead atoms. The molecule has 1 aliphatic rings. The zero-order chi connectivity index (χ0) is 15.3. The number of carbonyl (C=O) groups is 1. The molecule has 0 aromatic heterocycles. The first-order valence-electron chi connectivity index (χ1n) is 7.37. The van der Waals surface area contributed by atoms with Crippen LogP contribution in [0.1, 0.15) is 25.3 Å². The average Bonchev–Trinajstić information content (AvgIpc) is 2.50. The molecule has 0 spiro atoms. The zero-order valence-corrected chi connectivity index (χ0v) is 12.7. The van der Waals surface area contributed by atoms with Gasteiger partial charge < -0.3 is 14.7 Å². The van der Waals surface area contributed by atoms with Crippen LogP contribution in [0.25, 0.3) is 0 Å². The van der Waals surface area contributed by atoms with Gasteiger partial charge >= 0.3 is 5.97 Å². The molecule has 0 amide bonds. The third-order valence-corrected chi connectivity index (χ3v) is 3.87. The summed E-state index contributed by atoms with van der Waals surface area (Å²) in [5, 5.41) is 10.8. The largest absolute Gasteiger partial charge is 0.460 e. The van der Waals surface area contributed by atoms with Crippen molar-refractivity contribution in [1.29, 1.82) is 0 Å². The molecule has 1 fully saturated rings. The number of ether oxygens (including phenoxy) is 1. The second kappa shape index (κ2) is 6.87. The lowest BCUT2D eigenvalue weighted by Gasteiger charge is -2.31. The van der Waals surface area contributed by atoms with E-state index in [1.54, 1.807) is 37.3 Å². The minimum Gasteiger partial charge on any atom is -0.460 e. The monoisotopic (exact) mass is 289 g/mol. The van der Waals surface area contributed by atoms with Crippen molar-refractivity contribution in [3.05, 3.63) is 48.0 Å². The molecule has 1 heterocycles. The molecule has 0 radical (unpaired) electrons. The zero-order valence-electron chi connectivity index (χ0n) is 12.7. The van der Waals surface area contributed by atoms with Crippen LogP contribution in [0.3, 0.4) is 0 Å². The number of carbonyl (C=O) groups excluding carboxylic acids is 1. The molecule has 1 atom stereocenters. The van der Waals surface area contributed by atoms with Crippen molar-refractivity contribution in [2.24, 2.45) is 0 Å². The number of allylic oxidation sites excluding steroid dienone is 1. The van der Waals surface area contributed by atoms with Crippen LogP contribution in [0.4, 0.5) is 0 Å². The highest BCUT2D eigenvalue weighted by Gasteiger charge is 2.38. The summed E-state index contributed by atoms with van der Waals surface area (Å²) in [6, 6.07) is 8.91. The van der Waals surface area contributed by atoms with Crippen LogP contribution in [0.2, 0.25) is 0 Å². The lowest BCUT2D eigenvalue weighted by Crippen LogP contribution is -2.41. The Labute approximate surface area is 126 Å². The highest BCUT2D eigenvalue weighted by molar-refractivity contribution is 5.83. The number of aliphatic hydroxyl groups is 1. The molecule has 2 rings (SSSR count). The normalized spacial score (nSPS) is 20.3. The van der Waals surface area contributed by atoms with E-state index < -0.39 is 11.6 Å². The minimum absolute atomic E-state index is 0.116. The fraction of sp³-hybridized carbons (Fsp3) is 0.471. The summed E-state index contributed by atoms with van der Waals surface area (Å²) >= 11 is 0. The first-order valence-corrected chi connectivity index (χ1v) is 7.37. The van der Waals surface area contributed by atoms with Crippen LogP contribution in [0, 0.1) is 0 Å². The van der Waals surface area contributed by atoms with E-state index >= 15 is 0 Å². The molecular weight excluding hydrogens is 266 g/mol. The average molecular weight is 289 g/mol. The number of piperidine rings is 1. The summed E-state index contributed by atoms with van der Waals surface area (Å²) in [6.07, 6.45) is 4.66. The summed E-state index contributed by atoms with van der Waals surface area (Å²) in [6.45, 7) is 3.59. The summed E-state index contributed by atoms with van der Waals surface area (Å²) in [7, 11) is 2.05. The van der Waals surface area contributed by atoms with Gasteiger partial charge in [0.15, 0.2) is 0 Å². The predicted molar refractivity (Wildman–Crippen MR) is 81.8 cm³/mol. The van der Waals surface area contributed by atoms with Crippen LogP contribution < -0.4 is 0 Å². The third kappa shape index (κ3) is 3.71. The fourth-order valence-electron chi connectivity index (χ4n) is 2.56. The Bertz CT molecular complexity index is 492. The first kappa shape index (κ1) is 15.7. The van der Waals surface area contributed by atoms with Gasteiger partial charge in [-0.1, -0.05) is 36.4 Å². The van der Waals surface area contributed by atoms with E-state index in [2.05, 4.69) is 11.9 Å². The van der Waals surface area contributed by atoms with E-state index in [-0.39, 0.29) is 6.10 Å². The van der Waals surface area contributed by atoms with E-state index in [0.29, 0.717) is 5.56 Å². The predicted octanol–water partition coefficient (Wildman–Crippen LogP) is 2.09. The van der Waals surface area contributed by atoms with Crippen LogP contribution in [-0.2, 0) is 15.1 Å². The number of nitrogens with zero attached hydrogens (tertiary/aromatic N) is 1. The van der Waals surface area contributed by atoms with Gasteiger partial charge in [-0.2, -0.15) is 0 Å². The van der Waals surface area contributed by atoms with Crippen LogP contribution >= 0.6 is 0 Å². The smallest absolute Gasteiger partial charge is 0.347 e. The van der Waals surface area contributed by atoms with Gasteiger partial charge in [-0.3, -0.25) is 0 Å². The van der Waals surface area contributed by atoms with Gasteiger partial charge in [-0.15, -0.1) is 0 Å². The van der Waals surface area contributed by atoms with E-state index in [9.17, 15) is 9.90 Å². The first-order chi connectivity index (χ1) is 10.1. The second-order valence-electron chi connectivity index (χ2n) is 5.54. The van der Waals surface area contributed by atoms with E-state index in [1.807, 2.05) is 6.07 Å². The van der Waals surface area contributed by atoms with Crippen molar-refractivity contribution in [3.8, 4) is 0 Å². The number of esters is 1. The van der Waals surface area contributed by atoms with Crippen LogP contribution in [0.15, 0.2) is 42.5 Å². The minimum atomic E-state index is -1.71. The molecule has 1 aromatic carbocycles. The Morgan fingerprint density at radius 1 is 1.33 bits per heavy atom. The maximum Gasteiger partial charge on any atom is 0.347 e. The lowest BCUT2D eigenvalue weighted by atomic mass is 9.93. The van der Waals surface area contributed by atoms with Crippen molar-refractivity contribution >= 4 is 5.97 Å². The topological polar surface area (TPSA) is 49.8 Å². The third-order valence-electron chi connectivity index (χ3n) is 3.87. The maximum absolute atomic E-state index is 12.5. The molecule has 0 saturated carbocycles. The van der Waals surface area contributed by atoms with Gasteiger partial charge in [0.25, 0.3) is 0 Å². The van der Waals surface area contributed by atoms with Crippen molar-refractivity contribution in [2.45, 2.75) is 31.5 Å². The summed E-state index contributed by atoms with van der Waals surface area (Å²) < 4.78 is 5.54. The Hall–Kier alpha value is -1.65. The number of likely N-dealkylation sites (tertiary alicyclic amines) is 1. The fourth-order valence-corrected chi connectivity index (χ4v) is 2.56. The molecule has 1 saturated heterocycles. The SMILES string of the molecule is CC=CC(O)(C(=O)OC1CCN(C)CC1)c1ccccc1. The standard InChI is InChI=1S/C17H23NO3/c1-3-11-17(20,14-7-5-4-6-8-14)16(19)21-15-9-12-18(2)13-10-15/h3-8,11,15,20H,9-10,12-13H2,1-2H3. The number of benzene rings is 1. The highest BCUT2D eigenvalue weighted by Crippen LogP contribution is 2.26. The molecule has 4 heteroatoms. The summed E-state index contributed by atoms with van der Waals surface area (Å²) in [5.41, 5.74) is -1.18. The summed E-state index contributed by atoms with van der Waals surface area (Å²) in [4.78, 5) is 14.7.